The molecular weight excluding hydrogens is 306 g/mol. The first kappa shape index (κ1) is 20.3. The Morgan fingerprint density at radius 1 is 0.909 bits per heavy atom. The predicted octanol–water partition coefficient (Wildman–Crippen LogP) is 1.32. The van der Waals surface area contributed by atoms with Gasteiger partial charge in [0.25, 0.3) is 0 Å². The fourth-order valence-electron chi connectivity index (χ4n) is 1.45. The second-order valence-electron chi connectivity index (χ2n) is 4.73. The molecule has 0 spiro atoms. The number of hydrogen-bond donors (Lipinski definition) is 3. The van der Waals surface area contributed by atoms with Crippen LogP contribution in [0.2, 0.25) is 0 Å². The third-order valence-corrected chi connectivity index (χ3v) is 2.80. The summed E-state index contributed by atoms with van der Waals surface area (Å²) in [5, 5.41) is 2.37. The third kappa shape index (κ3) is 12.1. The molecule has 126 valence electrons. The lowest BCUT2D eigenvalue weighted by molar-refractivity contribution is -0.144. The van der Waals surface area contributed by atoms with Gasteiger partial charge in [0.15, 0.2) is 5.11 Å². The molecule has 0 aromatic rings. The van der Waals surface area contributed by atoms with E-state index in [9.17, 15) is 14.4 Å². The van der Waals surface area contributed by atoms with E-state index < -0.39 is 11.9 Å². The molecule has 0 bridgehead atoms. The van der Waals surface area contributed by atoms with Crippen LogP contribution in [0, 0.1) is 0 Å². The maximum atomic E-state index is 11.5. The number of hydrazine groups is 1. The summed E-state index contributed by atoms with van der Waals surface area (Å²) in [7, 11) is 0. The fourth-order valence-corrected chi connectivity index (χ4v) is 1.61. The van der Waals surface area contributed by atoms with Crippen LogP contribution in [0.5, 0.6) is 0 Å². The Labute approximate surface area is 136 Å². The van der Waals surface area contributed by atoms with Crippen molar-refractivity contribution in [2.45, 2.75) is 58.8 Å². The van der Waals surface area contributed by atoms with Gasteiger partial charge in [-0.3, -0.25) is 25.2 Å². The minimum absolute atomic E-state index is 0.00216. The number of amides is 2. The van der Waals surface area contributed by atoms with Gasteiger partial charge in [-0.1, -0.05) is 26.7 Å². The molecule has 22 heavy (non-hydrogen) atoms. The van der Waals surface area contributed by atoms with Gasteiger partial charge in [-0.15, -0.1) is 0 Å². The van der Waals surface area contributed by atoms with E-state index in [1.54, 1.807) is 0 Å². The lowest BCUT2D eigenvalue weighted by Crippen LogP contribution is -2.48. The molecule has 0 rings (SSSR count). The molecular formula is C14H25N3O4S. The van der Waals surface area contributed by atoms with Crippen molar-refractivity contribution in [3.8, 4) is 0 Å². The molecule has 0 saturated heterocycles. The van der Waals surface area contributed by atoms with Crippen molar-refractivity contribution >= 4 is 35.1 Å². The molecule has 0 unspecified atom stereocenters. The van der Waals surface area contributed by atoms with Crippen molar-refractivity contribution in [3.63, 3.8) is 0 Å². The first-order valence-electron chi connectivity index (χ1n) is 7.53. The van der Waals surface area contributed by atoms with Crippen LogP contribution in [0.25, 0.3) is 0 Å². The molecule has 0 aromatic carbocycles. The van der Waals surface area contributed by atoms with E-state index in [0.717, 1.165) is 25.7 Å². The summed E-state index contributed by atoms with van der Waals surface area (Å²) < 4.78 is 4.85. The van der Waals surface area contributed by atoms with Crippen LogP contribution in [0.1, 0.15) is 58.8 Å². The largest absolute Gasteiger partial charge is 0.466 e. The highest BCUT2D eigenvalue weighted by atomic mass is 32.1. The Balaban J connectivity index is 3.75. The Bertz CT molecular complexity index is 388. The van der Waals surface area contributed by atoms with E-state index in [1.807, 2.05) is 6.92 Å². The Hall–Kier alpha value is -1.70. The average Bonchev–Trinajstić information content (AvgIpc) is 2.49. The zero-order valence-corrected chi connectivity index (χ0v) is 14.0. The standard InChI is InChI=1S/C14H25N3O4S/c1-3-5-6-7-12(19)16-17-14(22)15-11(18)8-9-13(20)21-10-4-2/h3-10H2,1-2H3,(H,16,19)(H2,15,17,18,22). The van der Waals surface area contributed by atoms with Crippen molar-refractivity contribution in [1.29, 1.82) is 0 Å². The van der Waals surface area contributed by atoms with E-state index in [1.165, 1.54) is 0 Å². The number of esters is 1. The fraction of sp³-hybridized carbons (Fsp3) is 0.714. The van der Waals surface area contributed by atoms with Crippen molar-refractivity contribution < 1.29 is 19.1 Å². The SMILES string of the molecule is CCCCCC(=O)NNC(=S)NC(=O)CCC(=O)OCCC. The minimum Gasteiger partial charge on any atom is -0.466 e. The third-order valence-electron chi connectivity index (χ3n) is 2.60. The average molecular weight is 331 g/mol. The van der Waals surface area contributed by atoms with Gasteiger partial charge in [-0.05, 0) is 25.1 Å². The number of ether oxygens (including phenoxy) is 1. The van der Waals surface area contributed by atoms with E-state index in [0.29, 0.717) is 13.0 Å². The number of carbonyl (C=O) groups excluding carboxylic acids is 3. The number of rotatable bonds is 9. The molecule has 7 nitrogen and oxygen atoms in total. The van der Waals surface area contributed by atoms with Crippen LogP contribution in [0.15, 0.2) is 0 Å². The van der Waals surface area contributed by atoms with Gasteiger partial charge < -0.3 is 10.1 Å². The van der Waals surface area contributed by atoms with Gasteiger partial charge in [0, 0.05) is 12.8 Å². The van der Waals surface area contributed by atoms with E-state index in [-0.39, 0.29) is 23.9 Å². The first-order chi connectivity index (χ1) is 10.5. The second-order valence-corrected chi connectivity index (χ2v) is 5.14. The molecule has 3 N–H and O–H groups in total. The second kappa shape index (κ2) is 13.0. The van der Waals surface area contributed by atoms with Crippen molar-refractivity contribution in [1.82, 2.24) is 16.2 Å². The summed E-state index contributed by atoms with van der Waals surface area (Å²) in [5.74, 6) is -1.01. The van der Waals surface area contributed by atoms with Gasteiger partial charge >= 0.3 is 5.97 Å². The first-order valence-corrected chi connectivity index (χ1v) is 7.94. The maximum Gasteiger partial charge on any atom is 0.306 e. The highest BCUT2D eigenvalue weighted by molar-refractivity contribution is 7.80. The summed E-state index contributed by atoms with van der Waals surface area (Å²) in [4.78, 5) is 34.2. The van der Waals surface area contributed by atoms with Gasteiger partial charge in [-0.25, -0.2) is 0 Å². The van der Waals surface area contributed by atoms with E-state index in [4.69, 9.17) is 17.0 Å². The minimum atomic E-state index is -0.417. The molecule has 0 atom stereocenters. The molecule has 2 amide bonds. The van der Waals surface area contributed by atoms with Crippen LogP contribution in [-0.2, 0) is 19.1 Å². The van der Waals surface area contributed by atoms with Crippen LogP contribution in [-0.4, -0.2) is 29.5 Å². The summed E-state index contributed by atoms with van der Waals surface area (Å²) >= 11 is 4.86. The van der Waals surface area contributed by atoms with Gasteiger partial charge in [-0.2, -0.15) is 0 Å². The van der Waals surface area contributed by atoms with Gasteiger partial charge in [0.2, 0.25) is 11.8 Å². The van der Waals surface area contributed by atoms with Crippen molar-refractivity contribution in [2.75, 3.05) is 6.61 Å². The highest BCUT2D eigenvalue weighted by Gasteiger charge is 2.09. The summed E-state index contributed by atoms with van der Waals surface area (Å²) in [5.41, 5.74) is 4.85. The molecule has 0 saturated carbocycles. The number of carbonyl (C=O) groups is 3. The van der Waals surface area contributed by atoms with Crippen molar-refractivity contribution in [3.05, 3.63) is 0 Å². The Kier molecular flexibility index (Phi) is 12.0. The van der Waals surface area contributed by atoms with Crippen molar-refractivity contribution in [2.24, 2.45) is 0 Å². The number of thiocarbonyl (C=S) groups is 1. The molecule has 8 heteroatoms. The Morgan fingerprint density at radius 3 is 2.27 bits per heavy atom. The monoisotopic (exact) mass is 331 g/mol. The predicted molar refractivity (Wildman–Crippen MR) is 86.6 cm³/mol. The molecule has 0 radical (unpaired) electrons. The summed E-state index contributed by atoms with van der Waals surface area (Å²) in [6, 6.07) is 0. The zero-order chi connectivity index (χ0) is 16.8. The quantitative estimate of drug-likeness (QED) is 0.255. The van der Waals surface area contributed by atoms with Crippen LogP contribution < -0.4 is 16.2 Å². The maximum absolute atomic E-state index is 11.5. The zero-order valence-electron chi connectivity index (χ0n) is 13.2. The van der Waals surface area contributed by atoms with E-state index in [2.05, 4.69) is 23.1 Å². The molecule has 0 heterocycles. The summed E-state index contributed by atoms with van der Waals surface area (Å²) in [6.07, 6.45) is 3.96. The lowest BCUT2D eigenvalue weighted by atomic mass is 10.2. The molecule has 0 aliphatic rings. The summed E-state index contributed by atoms with van der Waals surface area (Å²) in [6.45, 7) is 4.30. The van der Waals surface area contributed by atoms with E-state index >= 15 is 0 Å². The molecule has 0 aliphatic heterocycles. The Morgan fingerprint density at radius 2 is 1.64 bits per heavy atom. The molecule has 0 fully saturated rings. The smallest absolute Gasteiger partial charge is 0.306 e. The van der Waals surface area contributed by atoms with Gasteiger partial charge in [0.1, 0.15) is 0 Å². The number of unbranched alkanes of at least 4 members (excludes halogenated alkanes) is 2. The van der Waals surface area contributed by atoms with Crippen LogP contribution in [0.3, 0.4) is 0 Å². The topological polar surface area (TPSA) is 96.5 Å². The molecule has 0 aromatic heterocycles. The van der Waals surface area contributed by atoms with Gasteiger partial charge in [0.05, 0.1) is 13.0 Å². The van der Waals surface area contributed by atoms with Crippen LogP contribution in [0.4, 0.5) is 0 Å². The normalized spacial score (nSPS) is 9.73. The lowest BCUT2D eigenvalue weighted by Gasteiger charge is -2.10. The molecule has 0 aliphatic carbocycles. The highest BCUT2D eigenvalue weighted by Crippen LogP contribution is 1.97. The van der Waals surface area contributed by atoms with Crippen LogP contribution >= 0.6 is 12.2 Å². The number of nitrogens with one attached hydrogen (secondary N) is 3. The number of hydrogen-bond acceptors (Lipinski definition) is 5.